The molecule has 1 rings (SSSR count). The average Bonchev–Trinajstić information content (AvgIpc) is 2.28. The van der Waals surface area contributed by atoms with E-state index in [1.165, 1.54) is 6.07 Å². The van der Waals surface area contributed by atoms with Gasteiger partial charge in [-0.3, -0.25) is 14.3 Å². The summed E-state index contributed by atoms with van der Waals surface area (Å²) >= 11 is 0. The number of anilines is 1. The van der Waals surface area contributed by atoms with Crippen LogP contribution >= 0.6 is 0 Å². The highest BCUT2D eigenvalue weighted by molar-refractivity contribution is 7.84. The summed E-state index contributed by atoms with van der Waals surface area (Å²) in [4.78, 5) is 14.5. The van der Waals surface area contributed by atoms with Gasteiger partial charge in [0.05, 0.1) is 4.92 Å². The van der Waals surface area contributed by atoms with Gasteiger partial charge in [0.2, 0.25) is 5.82 Å². The first-order chi connectivity index (χ1) is 8.41. The van der Waals surface area contributed by atoms with Crippen LogP contribution in [0.4, 0.5) is 11.5 Å². The van der Waals surface area contributed by atoms with E-state index in [2.05, 4.69) is 10.3 Å². The lowest BCUT2D eigenvalue weighted by Gasteiger charge is -2.10. The number of rotatable bonds is 6. The third kappa shape index (κ3) is 4.06. The van der Waals surface area contributed by atoms with Crippen LogP contribution in [0, 0.1) is 17.0 Å². The molecule has 7 heteroatoms. The highest BCUT2D eigenvalue weighted by atomic mass is 32.2. The van der Waals surface area contributed by atoms with Gasteiger partial charge in [0.15, 0.2) is 0 Å². The first kappa shape index (κ1) is 14.6. The fourth-order valence-electron chi connectivity index (χ4n) is 1.39. The molecule has 0 spiro atoms. The van der Waals surface area contributed by atoms with Gasteiger partial charge >= 0.3 is 5.69 Å². The van der Waals surface area contributed by atoms with E-state index < -0.39 is 15.7 Å². The van der Waals surface area contributed by atoms with Crippen LogP contribution in [0.5, 0.6) is 0 Å². The van der Waals surface area contributed by atoms with Crippen molar-refractivity contribution >= 4 is 22.3 Å². The van der Waals surface area contributed by atoms with E-state index in [4.69, 9.17) is 0 Å². The fraction of sp³-hybridized carbons (Fsp3) is 0.545. The van der Waals surface area contributed by atoms with Crippen molar-refractivity contribution in [2.75, 3.05) is 18.1 Å². The van der Waals surface area contributed by atoms with Gasteiger partial charge in [0.25, 0.3) is 0 Å². The number of nitro groups is 1. The maximum Gasteiger partial charge on any atom is 0.311 e. The lowest BCUT2D eigenvalue weighted by molar-refractivity contribution is -0.384. The Labute approximate surface area is 108 Å². The molecule has 0 aliphatic heterocycles. The van der Waals surface area contributed by atoms with E-state index in [-0.39, 0.29) is 16.8 Å². The normalized spacial score (nSPS) is 13.9. The molecule has 0 saturated carbocycles. The van der Waals surface area contributed by atoms with Crippen molar-refractivity contribution in [3.05, 3.63) is 27.9 Å². The minimum atomic E-state index is -0.881. The summed E-state index contributed by atoms with van der Waals surface area (Å²) in [7, 11) is -0.881. The molecule has 0 aliphatic carbocycles. The van der Waals surface area contributed by atoms with E-state index in [1.54, 1.807) is 19.2 Å². The molecule has 1 aromatic heterocycles. The van der Waals surface area contributed by atoms with Crippen LogP contribution in [0.3, 0.4) is 0 Å². The van der Waals surface area contributed by atoms with Crippen molar-refractivity contribution < 1.29 is 9.13 Å². The average molecular weight is 271 g/mol. The predicted octanol–water partition coefficient (Wildman–Crippen LogP) is 1.87. The molecule has 0 aromatic carbocycles. The van der Waals surface area contributed by atoms with Gasteiger partial charge in [-0.15, -0.1) is 0 Å². The molecular weight excluding hydrogens is 254 g/mol. The quantitative estimate of drug-likeness (QED) is 0.630. The van der Waals surface area contributed by atoms with Crippen LogP contribution in [-0.4, -0.2) is 32.2 Å². The molecule has 2 unspecified atom stereocenters. The number of aromatic nitrogens is 1. The van der Waals surface area contributed by atoms with Crippen LogP contribution < -0.4 is 5.32 Å². The van der Waals surface area contributed by atoms with Crippen LogP contribution in [0.1, 0.15) is 19.0 Å². The van der Waals surface area contributed by atoms with Crippen LogP contribution in [0.15, 0.2) is 12.1 Å². The summed E-state index contributed by atoms with van der Waals surface area (Å²) in [6.45, 7) is 4.17. The molecule has 6 nitrogen and oxygen atoms in total. The molecule has 1 heterocycles. The van der Waals surface area contributed by atoms with Crippen molar-refractivity contribution in [3.8, 4) is 0 Å². The standard InChI is InChI=1S/C11H17N3O3S/c1-8-4-5-10(14(15)16)11(13-8)12-7-6-9(2)18(3)17/h4-5,9H,6-7H2,1-3H3,(H,12,13). The zero-order valence-electron chi connectivity index (χ0n) is 10.7. The van der Waals surface area contributed by atoms with Gasteiger partial charge in [-0.1, -0.05) is 6.92 Å². The summed E-state index contributed by atoms with van der Waals surface area (Å²) in [5.41, 5.74) is 0.682. The van der Waals surface area contributed by atoms with Crippen molar-refractivity contribution in [1.29, 1.82) is 0 Å². The molecule has 1 aromatic rings. The highest BCUT2D eigenvalue weighted by Crippen LogP contribution is 2.21. The Morgan fingerprint density at radius 1 is 1.56 bits per heavy atom. The summed E-state index contributed by atoms with van der Waals surface area (Å²) in [6.07, 6.45) is 2.33. The molecule has 100 valence electrons. The van der Waals surface area contributed by atoms with Crippen molar-refractivity contribution in [1.82, 2.24) is 4.98 Å². The molecule has 18 heavy (non-hydrogen) atoms. The van der Waals surface area contributed by atoms with E-state index in [0.29, 0.717) is 13.0 Å². The number of nitrogens with one attached hydrogen (secondary N) is 1. The minimum absolute atomic E-state index is 0.0362. The molecule has 0 saturated heterocycles. The fourth-order valence-corrected chi connectivity index (χ4v) is 1.84. The summed E-state index contributed by atoms with van der Waals surface area (Å²) in [5, 5.41) is 13.8. The zero-order chi connectivity index (χ0) is 13.7. The van der Waals surface area contributed by atoms with Crippen LogP contribution in [0.25, 0.3) is 0 Å². The van der Waals surface area contributed by atoms with Crippen LogP contribution in [0.2, 0.25) is 0 Å². The second kappa shape index (κ2) is 6.44. The van der Waals surface area contributed by atoms with Crippen LogP contribution in [-0.2, 0) is 10.8 Å². The van der Waals surface area contributed by atoms with E-state index in [1.807, 2.05) is 6.92 Å². The highest BCUT2D eigenvalue weighted by Gasteiger charge is 2.15. The molecule has 2 atom stereocenters. The smallest absolute Gasteiger partial charge is 0.311 e. The van der Waals surface area contributed by atoms with E-state index in [0.717, 1.165) is 5.69 Å². The number of hydrogen-bond donors (Lipinski definition) is 1. The van der Waals surface area contributed by atoms with Gasteiger partial charge < -0.3 is 5.32 Å². The number of aryl methyl sites for hydroxylation is 1. The van der Waals surface area contributed by atoms with E-state index in [9.17, 15) is 14.3 Å². The first-order valence-electron chi connectivity index (χ1n) is 5.60. The van der Waals surface area contributed by atoms with Gasteiger partial charge in [-0.2, -0.15) is 0 Å². The Bertz CT molecular complexity index is 465. The van der Waals surface area contributed by atoms with Gasteiger partial charge in [-0.05, 0) is 19.4 Å². The van der Waals surface area contributed by atoms with Crippen molar-refractivity contribution in [2.45, 2.75) is 25.5 Å². The second-order valence-corrected chi connectivity index (χ2v) is 5.90. The Hall–Kier alpha value is -1.50. The monoisotopic (exact) mass is 271 g/mol. The minimum Gasteiger partial charge on any atom is -0.364 e. The SMILES string of the molecule is Cc1ccc([N+](=O)[O-])c(NCCC(C)S(C)=O)n1. The Morgan fingerprint density at radius 2 is 2.22 bits per heavy atom. The Balaban J connectivity index is 2.69. The van der Waals surface area contributed by atoms with Gasteiger partial charge in [-0.25, -0.2) is 4.98 Å². The molecule has 0 radical (unpaired) electrons. The lowest BCUT2D eigenvalue weighted by Crippen LogP contribution is -2.16. The zero-order valence-corrected chi connectivity index (χ0v) is 11.5. The summed E-state index contributed by atoms with van der Waals surface area (Å²) < 4.78 is 11.2. The van der Waals surface area contributed by atoms with Crippen molar-refractivity contribution in [2.24, 2.45) is 0 Å². The largest absolute Gasteiger partial charge is 0.364 e. The number of nitrogens with zero attached hydrogens (tertiary/aromatic N) is 2. The third-order valence-electron chi connectivity index (χ3n) is 2.62. The Kier molecular flexibility index (Phi) is 5.21. The van der Waals surface area contributed by atoms with Crippen molar-refractivity contribution in [3.63, 3.8) is 0 Å². The maximum absolute atomic E-state index is 11.2. The predicted molar refractivity (Wildman–Crippen MR) is 72.3 cm³/mol. The maximum atomic E-state index is 11.2. The third-order valence-corrected chi connectivity index (χ3v) is 3.99. The molecule has 1 N–H and O–H groups in total. The van der Waals surface area contributed by atoms with E-state index >= 15 is 0 Å². The van der Waals surface area contributed by atoms with Gasteiger partial charge in [0.1, 0.15) is 0 Å². The summed E-state index contributed by atoms with van der Waals surface area (Å²) in [6, 6.07) is 3.04. The number of pyridine rings is 1. The molecule has 0 bridgehead atoms. The lowest BCUT2D eigenvalue weighted by atomic mass is 10.3. The molecule has 0 amide bonds. The molecular formula is C11H17N3O3S. The molecule has 0 fully saturated rings. The Morgan fingerprint density at radius 3 is 2.78 bits per heavy atom. The van der Waals surface area contributed by atoms with Gasteiger partial charge in [0, 0.05) is 40.6 Å². The second-order valence-electron chi connectivity index (χ2n) is 4.10. The summed E-state index contributed by atoms with van der Waals surface area (Å²) in [5.74, 6) is 0.272. The number of hydrogen-bond acceptors (Lipinski definition) is 5. The molecule has 0 aliphatic rings. The topological polar surface area (TPSA) is 85.1 Å². The first-order valence-corrected chi connectivity index (χ1v) is 7.22.